The first-order valence-corrected chi connectivity index (χ1v) is 6.59. The molecule has 94 valence electrons. The molecule has 2 aliphatic rings. The van der Waals surface area contributed by atoms with E-state index in [0.717, 1.165) is 6.42 Å². The smallest absolute Gasteiger partial charge is 0.115 e. The molecule has 1 aromatic rings. The van der Waals surface area contributed by atoms with Crippen LogP contribution in [0.15, 0.2) is 42.5 Å². The molecular formula is C17H20O. The number of hydrogen-bond donors (Lipinski definition) is 1. The number of aromatic hydroxyl groups is 1. The first-order valence-electron chi connectivity index (χ1n) is 6.59. The van der Waals surface area contributed by atoms with Crippen molar-refractivity contribution in [3.63, 3.8) is 0 Å². The summed E-state index contributed by atoms with van der Waals surface area (Å²) in [6, 6.07) is 14.0. The molecule has 0 aromatic heterocycles. The summed E-state index contributed by atoms with van der Waals surface area (Å²) in [5.41, 5.74) is 5.59. The topological polar surface area (TPSA) is 20.2 Å². The molecule has 1 heteroatoms. The third-order valence-electron chi connectivity index (χ3n) is 3.08. The summed E-state index contributed by atoms with van der Waals surface area (Å²) in [6.45, 7) is 4.31. The van der Waals surface area contributed by atoms with Gasteiger partial charge in [0.05, 0.1) is 0 Å². The Balaban J connectivity index is 0.000000146. The molecule has 0 saturated carbocycles. The number of fused-ring (bicyclic) bond motifs is 1. The van der Waals surface area contributed by atoms with Gasteiger partial charge in [0.2, 0.25) is 0 Å². The lowest BCUT2D eigenvalue weighted by atomic mass is 10.1. The second-order valence-electron chi connectivity index (χ2n) is 4.86. The molecule has 0 fully saturated rings. The van der Waals surface area contributed by atoms with Crippen LogP contribution in [0.5, 0.6) is 5.75 Å². The van der Waals surface area contributed by atoms with Gasteiger partial charge in [-0.05, 0) is 60.2 Å². The van der Waals surface area contributed by atoms with Crippen LogP contribution in [0, 0.1) is 6.92 Å². The number of phenols is 1. The van der Waals surface area contributed by atoms with Crippen molar-refractivity contribution in [2.75, 3.05) is 0 Å². The van der Waals surface area contributed by atoms with Crippen LogP contribution in [-0.4, -0.2) is 5.11 Å². The van der Waals surface area contributed by atoms with Gasteiger partial charge in [-0.3, -0.25) is 0 Å². The Morgan fingerprint density at radius 2 is 1.56 bits per heavy atom. The average molecular weight is 240 g/mol. The van der Waals surface area contributed by atoms with Gasteiger partial charge in [-0.2, -0.15) is 0 Å². The van der Waals surface area contributed by atoms with Crippen molar-refractivity contribution in [2.24, 2.45) is 0 Å². The molecule has 0 atom stereocenters. The molecule has 1 aromatic carbocycles. The maximum atomic E-state index is 8.98. The third kappa shape index (κ3) is 3.63. The van der Waals surface area contributed by atoms with Crippen LogP contribution in [0.4, 0.5) is 0 Å². The van der Waals surface area contributed by atoms with E-state index in [1.165, 1.54) is 35.1 Å². The predicted octanol–water partition coefficient (Wildman–Crippen LogP) is 4.71. The normalized spacial score (nSPS) is 10.6. The Bertz CT molecular complexity index is 491. The molecule has 0 heterocycles. The minimum atomic E-state index is 0.352. The summed E-state index contributed by atoms with van der Waals surface area (Å²) < 4.78 is 0. The maximum absolute atomic E-state index is 8.98. The van der Waals surface area contributed by atoms with Crippen molar-refractivity contribution >= 4 is 0 Å². The third-order valence-corrected chi connectivity index (χ3v) is 3.08. The Morgan fingerprint density at radius 1 is 0.944 bits per heavy atom. The summed E-state index contributed by atoms with van der Waals surface area (Å²) >= 11 is 0. The fourth-order valence-corrected chi connectivity index (χ4v) is 1.96. The zero-order valence-corrected chi connectivity index (χ0v) is 11.1. The van der Waals surface area contributed by atoms with E-state index in [9.17, 15) is 0 Å². The fourth-order valence-electron chi connectivity index (χ4n) is 1.96. The van der Waals surface area contributed by atoms with Crippen LogP contribution in [-0.2, 0) is 6.42 Å². The van der Waals surface area contributed by atoms with E-state index in [1.807, 2.05) is 12.1 Å². The number of benzene rings is 2. The van der Waals surface area contributed by atoms with E-state index in [-0.39, 0.29) is 0 Å². The quantitative estimate of drug-likeness (QED) is 0.703. The van der Waals surface area contributed by atoms with E-state index in [1.54, 1.807) is 12.1 Å². The van der Waals surface area contributed by atoms with Crippen LogP contribution >= 0.6 is 0 Å². The Kier molecular flexibility index (Phi) is 4.03. The van der Waals surface area contributed by atoms with Crippen LogP contribution in [0.2, 0.25) is 0 Å². The van der Waals surface area contributed by atoms with E-state index < -0.39 is 0 Å². The zero-order chi connectivity index (χ0) is 13.0. The summed E-state index contributed by atoms with van der Waals surface area (Å²) in [6.07, 6.45) is 3.57. The minimum absolute atomic E-state index is 0.352. The maximum Gasteiger partial charge on any atom is 0.115 e. The van der Waals surface area contributed by atoms with E-state index >= 15 is 0 Å². The lowest BCUT2D eigenvalue weighted by molar-refractivity contribution is 0.475. The van der Waals surface area contributed by atoms with Gasteiger partial charge in [-0.25, -0.2) is 0 Å². The number of aryl methyl sites for hydroxylation is 2. The summed E-state index contributed by atoms with van der Waals surface area (Å²) in [5, 5.41) is 8.98. The van der Waals surface area contributed by atoms with Crippen molar-refractivity contribution in [2.45, 2.75) is 33.1 Å². The number of hydrogen-bond acceptors (Lipinski definition) is 1. The summed E-state index contributed by atoms with van der Waals surface area (Å²) in [5.74, 6) is 0.352. The van der Waals surface area contributed by atoms with Crippen LogP contribution in [0.3, 0.4) is 0 Å². The zero-order valence-electron chi connectivity index (χ0n) is 11.1. The largest absolute Gasteiger partial charge is 0.508 e. The second kappa shape index (κ2) is 5.72. The number of unbranched alkanes of at least 4 members (excludes halogenated alkanes) is 1. The predicted molar refractivity (Wildman–Crippen MR) is 76.9 cm³/mol. The van der Waals surface area contributed by atoms with Gasteiger partial charge >= 0.3 is 0 Å². The van der Waals surface area contributed by atoms with Gasteiger partial charge in [0.15, 0.2) is 0 Å². The molecule has 0 amide bonds. The monoisotopic (exact) mass is 240 g/mol. The van der Waals surface area contributed by atoms with Crippen molar-refractivity contribution in [3.05, 3.63) is 53.6 Å². The molecule has 0 aliphatic heterocycles. The second-order valence-corrected chi connectivity index (χ2v) is 4.86. The lowest BCUT2D eigenvalue weighted by Gasteiger charge is -1.98. The molecule has 2 aliphatic carbocycles. The molecule has 0 bridgehead atoms. The SMILES string of the molecule is CCCCc1ccc(O)cc1.Cc1cc2cc-2c1. The van der Waals surface area contributed by atoms with Crippen molar-refractivity contribution in [3.8, 4) is 16.9 Å². The van der Waals surface area contributed by atoms with E-state index in [2.05, 4.69) is 32.0 Å². The molecule has 1 nitrogen and oxygen atoms in total. The van der Waals surface area contributed by atoms with Gasteiger partial charge in [0, 0.05) is 0 Å². The number of phenolic OH excluding ortho intramolecular Hbond substituents is 1. The Hall–Kier alpha value is -1.76. The van der Waals surface area contributed by atoms with E-state index in [0.29, 0.717) is 5.75 Å². The Morgan fingerprint density at radius 3 is 2.00 bits per heavy atom. The van der Waals surface area contributed by atoms with Gasteiger partial charge < -0.3 is 5.11 Å². The molecule has 18 heavy (non-hydrogen) atoms. The van der Waals surface area contributed by atoms with Crippen LogP contribution in [0.1, 0.15) is 30.9 Å². The molecular weight excluding hydrogens is 220 g/mol. The summed E-state index contributed by atoms with van der Waals surface area (Å²) in [7, 11) is 0. The van der Waals surface area contributed by atoms with Crippen molar-refractivity contribution < 1.29 is 5.11 Å². The molecule has 0 radical (unpaired) electrons. The minimum Gasteiger partial charge on any atom is -0.508 e. The molecule has 1 N–H and O–H groups in total. The summed E-state index contributed by atoms with van der Waals surface area (Å²) in [4.78, 5) is 0. The highest BCUT2D eigenvalue weighted by molar-refractivity contribution is 5.82. The van der Waals surface area contributed by atoms with Crippen LogP contribution in [0.25, 0.3) is 11.1 Å². The highest BCUT2D eigenvalue weighted by atomic mass is 16.3. The van der Waals surface area contributed by atoms with Gasteiger partial charge in [-0.15, -0.1) is 0 Å². The highest BCUT2D eigenvalue weighted by Gasteiger charge is 2.10. The van der Waals surface area contributed by atoms with Crippen molar-refractivity contribution in [1.29, 1.82) is 0 Å². The number of rotatable bonds is 3. The molecule has 0 saturated heterocycles. The highest BCUT2D eigenvalue weighted by Crippen LogP contribution is 2.35. The van der Waals surface area contributed by atoms with Gasteiger partial charge in [-0.1, -0.05) is 37.6 Å². The molecule has 0 spiro atoms. The average Bonchev–Trinajstić information content (AvgIpc) is 2.97. The fraction of sp³-hybridized carbons (Fsp3) is 0.294. The van der Waals surface area contributed by atoms with Crippen molar-refractivity contribution in [1.82, 2.24) is 0 Å². The van der Waals surface area contributed by atoms with Gasteiger partial charge in [0.1, 0.15) is 5.75 Å². The van der Waals surface area contributed by atoms with Crippen LogP contribution < -0.4 is 0 Å². The lowest BCUT2D eigenvalue weighted by Crippen LogP contribution is -1.82. The Labute approximate surface area is 109 Å². The van der Waals surface area contributed by atoms with Gasteiger partial charge in [0.25, 0.3) is 0 Å². The first-order chi connectivity index (χ1) is 8.69. The van der Waals surface area contributed by atoms with E-state index in [4.69, 9.17) is 5.11 Å². The first kappa shape index (κ1) is 12.7. The standard InChI is InChI=1S/C10H14O.C7H6/c1-2-3-4-9-5-7-10(11)8-6-9;1-5-2-6-4-7(6)3-5/h5-8,11H,2-4H2,1H3;2-4H,1H3. The molecule has 3 rings (SSSR count). The molecule has 0 unspecified atom stereocenters.